The van der Waals surface area contributed by atoms with Crippen molar-refractivity contribution in [3.8, 4) is 0 Å². The van der Waals surface area contributed by atoms with Gasteiger partial charge in [0.05, 0.1) is 0 Å². The summed E-state index contributed by atoms with van der Waals surface area (Å²) >= 11 is 0. The lowest BCUT2D eigenvalue weighted by Gasteiger charge is -2.34. The van der Waals surface area contributed by atoms with Crippen molar-refractivity contribution in [1.82, 2.24) is 14.9 Å². The average Bonchev–Trinajstić information content (AvgIpc) is 2.40. The van der Waals surface area contributed by atoms with Gasteiger partial charge in [0.1, 0.15) is 6.67 Å². The first-order chi connectivity index (χ1) is 8.70. The number of alkyl halides is 1. The highest BCUT2D eigenvalue weighted by atomic mass is 19.1. The predicted molar refractivity (Wildman–Crippen MR) is 63.6 cm³/mol. The number of halogens is 1. The van der Waals surface area contributed by atoms with Crippen LogP contribution in [0.25, 0.3) is 0 Å². The highest BCUT2D eigenvalue weighted by molar-refractivity contribution is 5.85. The van der Waals surface area contributed by atoms with Crippen LogP contribution in [0.4, 0.5) is 10.3 Å². The molecule has 0 radical (unpaired) electrons. The van der Waals surface area contributed by atoms with Gasteiger partial charge in [-0.25, -0.2) is 19.2 Å². The highest BCUT2D eigenvalue weighted by Gasteiger charge is 2.19. The van der Waals surface area contributed by atoms with Gasteiger partial charge in [-0.05, 0) is 6.07 Å². The summed E-state index contributed by atoms with van der Waals surface area (Å²) in [4.78, 5) is 22.8. The maximum absolute atomic E-state index is 12.2. The first-order valence-corrected chi connectivity index (χ1v) is 5.80. The van der Waals surface area contributed by atoms with Crippen molar-refractivity contribution in [3.63, 3.8) is 0 Å². The molecular weight excluding hydrogens is 239 g/mol. The number of anilines is 1. The van der Waals surface area contributed by atoms with Crippen molar-refractivity contribution < 1.29 is 14.3 Å². The minimum absolute atomic E-state index is 0.00816. The van der Waals surface area contributed by atoms with Gasteiger partial charge >= 0.3 is 5.97 Å². The molecule has 1 aromatic rings. The molecule has 0 amide bonds. The van der Waals surface area contributed by atoms with Crippen molar-refractivity contribution in [2.75, 3.05) is 44.3 Å². The number of carboxylic acid groups (broad SMARTS) is 1. The maximum Gasteiger partial charge on any atom is 0.354 e. The van der Waals surface area contributed by atoms with E-state index >= 15 is 0 Å². The zero-order chi connectivity index (χ0) is 13.0. The van der Waals surface area contributed by atoms with Gasteiger partial charge in [-0.3, -0.25) is 4.90 Å². The molecule has 98 valence electrons. The molecule has 2 rings (SSSR count). The lowest BCUT2D eigenvalue weighted by Crippen LogP contribution is -2.47. The molecule has 0 unspecified atom stereocenters. The Morgan fingerprint density at radius 3 is 2.72 bits per heavy atom. The van der Waals surface area contributed by atoms with Crippen molar-refractivity contribution in [3.05, 3.63) is 18.0 Å². The molecule has 2 heterocycles. The molecule has 1 aliphatic heterocycles. The summed E-state index contributed by atoms with van der Waals surface area (Å²) in [6.07, 6.45) is 1.44. The van der Waals surface area contributed by atoms with Crippen LogP contribution in [-0.4, -0.2) is 65.3 Å². The fourth-order valence-corrected chi connectivity index (χ4v) is 1.91. The van der Waals surface area contributed by atoms with E-state index in [0.29, 0.717) is 25.6 Å². The van der Waals surface area contributed by atoms with Gasteiger partial charge in [-0.2, -0.15) is 0 Å². The molecule has 7 heteroatoms. The summed E-state index contributed by atoms with van der Waals surface area (Å²) < 4.78 is 12.2. The third kappa shape index (κ3) is 2.92. The minimum atomic E-state index is -1.06. The Kier molecular flexibility index (Phi) is 4.03. The second-order valence-corrected chi connectivity index (χ2v) is 4.06. The van der Waals surface area contributed by atoms with Gasteiger partial charge in [0.2, 0.25) is 5.95 Å². The van der Waals surface area contributed by atoms with Gasteiger partial charge < -0.3 is 10.0 Å². The fraction of sp³-hybridized carbons (Fsp3) is 0.545. The van der Waals surface area contributed by atoms with Crippen LogP contribution in [0, 0.1) is 0 Å². The van der Waals surface area contributed by atoms with Gasteiger partial charge in [0, 0.05) is 38.9 Å². The minimum Gasteiger partial charge on any atom is -0.477 e. The van der Waals surface area contributed by atoms with E-state index < -0.39 is 5.97 Å². The number of aromatic nitrogens is 2. The quantitative estimate of drug-likeness (QED) is 0.831. The molecule has 1 aliphatic rings. The van der Waals surface area contributed by atoms with E-state index in [1.54, 1.807) is 0 Å². The van der Waals surface area contributed by atoms with E-state index in [-0.39, 0.29) is 12.4 Å². The van der Waals surface area contributed by atoms with Crippen LogP contribution in [0.15, 0.2) is 12.3 Å². The third-order valence-electron chi connectivity index (χ3n) is 2.92. The number of aromatic carboxylic acids is 1. The van der Waals surface area contributed by atoms with Crippen LogP contribution in [0.2, 0.25) is 0 Å². The average molecular weight is 254 g/mol. The van der Waals surface area contributed by atoms with Crippen LogP contribution < -0.4 is 4.90 Å². The fourth-order valence-electron chi connectivity index (χ4n) is 1.91. The SMILES string of the molecule is O=C(O)c1ccnc(N2CCN(CCF)CC2)n1. The Hall–Kier alpha value is -1.76. The monoisotopic (exact) mass is 254 g/mol. The Balaban J connectivity index is 2.01. The molecule has 0 aromatic carbocycles. The number of rotatable bonds is 4. The molecule has 18 heavy (non-hydrogen) atoms. The lowest BCUT2D eigenvalue weighted by molar-refractivity contribution is 0.0690. The van der Waals surface area contributed by atoms with E-state index in [9.17, 15) is 9.18 Å². The first kappa shape index (κ1) is 12.7. The number of hydrogen-bond donors (Lipinski definition) is 1. The smallest absolute Gasteiger partial charge is 0.354 e. The predicted octanol–water partition coefficient (Wildman–Crippen LogP) is 0.266. The number of carbonyl (C=O) groups is 1. The second kappa shape index (κ2) is 5.72. The molecule has 1 aromatic heterocycles. The molecule has 0 atom stereocenters. The van der Waals surface area contributed by atoms with Gasteiger partial charge in [-0.15, -0.1) is 0 Å². The molecule has 1 saturated heterocycles. The van der Waals surface area contributed by atoms with E-state index in [2.05, 4.69) is 9.97 Å². The summed E-state index contributed by atoms with van der Waals surface area (Å²) in [6.45, 7) is 2.95. The second-order valence-electron chi connectivity index (χ2n) is 4.06. The zero-order valence-electron chi connectivity index (χ0n) is 9.92. The standard InChI is InChI=1S/C11H15FN4O2/c12-2-4-15-5-7-16(8-6-15)11-13-3-1-9(14-11)10(17)18/h1,3H,2,4-8H2,(H,17,18). The van der Waals surface area contributed by atoms with E-state index in [1.807, 2.05) is 9.80 Å². The number of carboxylic acids is 1. The molecular formula is C11H15FN4O2. The van der Waals surface area contributed by atoms with Crippen molar-refractivity contribution in [1.29, 1.82) is 0 Å². The third-order valence-corrected chi connectivity index (χ3v) is 2.92. The van der Waals surface area contributed by atoms with E-state index in [4.69, 9.17) is 5.11 Å². The molecule has 0 bridgehead atoms. The molecule has 0 saturated carbocycles. The van der Waals surface area contributed by atoms with E-state index in [0.717, 1.165) is 13.1 Å². The van der Waals surface area contributed by atoms with Crippen molar-refractivity contribution >= 4 is 11.9 Å². The van der Waals surface area contributed by atoms with Gasteiger partial charge in [-0.1, -0.05) is 0 Å². The van der Waals surface area contributed by atoms with Gasteiger partial charge in [0.15, 0.2) is 5.69 Å². The van der Waals surface area contributed by atoms with E-state index in [1.165, 1.54) is 12.3 Å². The largest absolute Gasteiger partial charge is 0.477 e. The lowest BCUT2D eigenvalue weighted by atomic mass is 10.3. The molecule has 6 nitrogen and oxygen atoms in total. The van der Waals surface area contributed by atoms with Crippen LogP contribution in [0.5, 0.6) is 0 Å². The van der Waals surface area contributed by atoms with Crippen LogP contribution in [0.1, 0.15) is 10.5 Å². The Labute approximate surface area is 104 Å². The van der Waals surface area contributed by atoms with Crippen molar-refractivity contribution in [2.24, 2.45) is 0 Å². The highest BCUT2D eigenvalue weighted by Crippen LogP contribution is 2.11. The van der Waals surface area contributed by atoms with Crippen molar-refractivity contribution in [2.45, 2.75) is 0 Å². The summed E-state index contributed by atoms with van der Waals surface area (Å²) in [7, 11) is 0. The van der Waals surface area contributed by atoms with Crippen LogP contribution >= 0.6 is 0 Å². The number of nitrogens with zero attached hydrogens (tertiary/aromatic N) is 4. The topological polar surface area (TPSA) is 69.6 Å². The molecule has 1 N–H and O–H groups in total. The van der Waals surface area contributed by atoms with Crippen LogP contribution in [-0.2, 0) is 0 Å². The number of hydrogen-bond acceptors (Lipinski definition) is 5. The van der Waals surface area contributed by atoms with Gasteiger partial charge in [0.25, 0.3) is 0 Å². The van der Waals surface area contributed by atoms with Crippen LogP contribution in [0.3, 0.4) is 0 Å². The molecule has 1 fully saturated rings. The Morgan fingerprint density at radius 2 is 2.11 bits per heavy atom. The molecule has 0 spiro atoms. The maximum atomic E-state index is 12.2. The first-order valence-electron chi connectivity index (χ1n) is 5.80. The number of piperazine rings is 1. The Morgan fingerprint density at radius 1 is 1.39 bits per heavy atom. The summed E-state index contributed by atoms with van der Waals surface area (Å²) in [5, 5.41) is 8.86. The summed E-state index contributed by atoms with van der Waals surface area (Å²) in [5.74, 6) is -0.635. The normalized spacial score (nSPS) is 16.8. The molecule has 0 aliphatic carbocycles. The summed E-state index contributed by atoms with van der Waals surface area (Å²) in [5.41, 5.74) is -0.00816. The Bertz CT molecular complexity index is 421. The zero-order valence-corrected chi connectivity index (χ0v) is 9.92. The summed E-state index contributed by atoms with van der Waals surface area (Å²) in [6, 6.07) is 1.37.